The zero-order valence-electron chi connectivity index (χ0n) is 11.9. The lowest BCUT2D eigenvalue weighted by Crippen LogP contribution is -2.41. The van der Waals surface area contributed by atoms with Crippen molar-refractivity contribution in [3.63, 3.8) is 0 Å². The number of hydrogen-bond donors (Lipinski definition) is 2. The van der Waals surface area contributed by atoms with Crippen LogP contribution in [0.3, 0.4) is 0 Å². The van der Waals surface area contributed by atoms with Crippen LogP contribution in [0.15, 0.2) is 18.2 Å². The lowest BCUT2D eigenvalue weighted by Gasteiger charge is -2.41. The van der Waals surface area contributed by atoms with Crippen molar-refractivity contribution in [2.24, 2.45) is 11.3 Å². The molecule has 0 amide bonds. The number of nitrogens with one attached hydrogen (secondary N) is 1. The van der Waals surface area contributed by atoms with E-state index >= 15 is 0 Å². The summed E-state index contributed by atoms with van der Waals surface area (Å²) >= 11 is 0. The first-order valence-corrected chi connectivity index (χ1v) is 7.09. The third-order valence-electron chi connectivity index (χ3n) is 4.44. The highest BCUT2D eigenvalue weighted by atomic mass is 15.2. The molecular formula is C16H26N2. The summed E-state index contributed by atoms with van der Waals surface area (Å²) in [7, 11) is 0. The molecule has 1 atom stereocenters. The monoisotopic (exact) mass is 246 g/mol. The molecule has 0 heterocycles. The SMILES string of the molecule is Cc1cc(C)cc(C(NN)C2(C)CCCCC2)c1. The molecule has 3 N–H and O–H groups in total. The van der Waals surface area contributed by atoms with Gasteiger partial charge in [0, 0.05) is 0 Å². The molecule has 2 heteroatoms. The van der Waals surface area contributed by atoms with E-state index in [1.54, 1.807) is 0 Å². The van der Waals surface area contributed by atoms with E-state index in [-0.39, 0.29) is 6.04 Å². The molecule has 1 unspecified atom stereocenters. The Morgan fingerprint density at radius 2 is 1.61 bits per heavy atom. The summed E-state index contributed by atoms with van der Waals surface area (Å²) in [5.74, 6) is 5.87. The average Bonchev–Trinajstić information content (AvgIpc) is 2.29. The molecule has 0 aromatic heterocycles. The second kappa shape index (κ2) is 5.41. The minimum atomic E-state index is 0.274. The molecule has 18 heavy (non-hydrogen) atoms. The molecule has 0 saturated heterocycles. The van der Waals surface area contributed by atoms with Gasteiger partial charge in [-0.15, -0.1) is 0 Å². The molecule has 1 aromatic carbocycles. The normalized spacial score (nSPS) is 20.7. The van der Waals surface area contributed by atoms with Crippen LogP contribution in [0.5, 0.6) is 0 Å². The fraction of sp³-hybridized carbons (Fsp3) is 0.625. The Bertz CT molecular complexity index is 385. The zero-order valence-corrected chi connectivity index (χ0v) is 11.9. The zero-order chi connectivity index (χ0) is 13.2. The van der Waals surface area contributed by atoms with Gasteiger partial charge < -0.3 is 0 Å². The van der Waals surface area contributed by atoms with Crippen LogP contribution >= 0.6 is 0 Å². The molecule has 1 saturated carbocycles. The van der Waals surface area contributed by atoms with E-state index in [0.29, 0.717) is 5.41 Å². The number of rotatable bonds is 3. The van der Waals surface area contributed by atoms with Gasteiger partial charge in [0.2, 0.25) is 0 Å². The van der Waals surface area contributed by atoms with Gasteiger partial charge in [-0.05, 0) is 37.7 Å². The Morgan fingerprint density at radius 1 is 1.06 bits per heavy atom. The van der Waals surface area contributed by atoms with Crippen LogP contribution in [-0.4, -0.2) is 0 Å². The smallest absolute Gasteiger partial charge is 0.0513 e. The number of nitrogens with two attached hydrogens (primary N) is 1. The standard InChI is InChI=1S/C16H26N2/c1-12-9-13(2)11-14(10-12)15(18-17)16(3)7-5-4-6-8-16/h9-11,15,18H,4-8,17H2,1-3H3. The predicted molar refractivity (Wildman–Crippen MR) is 77.2 cm³/mol. The highest BCUT2D eigenvalue weighted by molar-refractivity contribution is 5.31. The van der Waals surface area contributed by atoms with Crippen LogP contribution in [0.2, 0.25) is 0 Å². The van der Waals surface area contributed by atoms with Crippen molar-refractivity contribution in [2.45, 2.75) is 58.9 Å². The minimum Gasteiger partial charge on any atom is -0.271 e. The highest BCUT2D eigenvalue weighted by Crippen LogP contribution is 2.45. The average molecular weight is 246 g/mol. The summed E-state index contributed by atoms with van der Waals surface area (Å²) in [4.78, 5) is 0. The fourth-order valence-electron chi connectivity index (χ4n) is 3.52. The molecule has 0 bridgehead atoms. The van der Waals surface area contributed by atoms with Gasteiger partial charge >= 0.3 is 0 Å². The maximum Gasteiger partial charge on any atom is 0.0513 e. The van der Waals surface area contributed by atoms with E-state index in [1.165, 1.54) is 48.8 Å². The second-order valence-electron chi connectivity index (χ2n) is 6.24. The van der Waals surface area contributed by atoms with E-state index in [9.17, 15) is 0 Å². The van der Waals surface area contributed by atoms with Crippen LogP contribution in [0, 0.1) is 19.3 Å². The van der Waals surface area contributed by atoms with E-state index in [0.717, 1.165) is 0 Å². The summed E-state index contributed by atoms with van der Waals surface area (Å²) in [6.07, 6.45) is 6.59. The first-order valence-electron chi connectivity index (χ1n) is 7.09. The van der Waals surface area contributed by atoms with Crippen LogP contribution in [0.4, 0.5) is 0 Å². The maximum absolute atomic E-state index is 5.87. The molecule has 2 nitrogen and oxygen atoms in total. The van der Waals surface area contributed by atoms with Crippen molar-refractivity contribution < 1.29 is 0 Å². The topological polar surface area (TPSA) is 38.0 Å². The van der Waals surface area contributed by atoms with Crippen molar-refractivity contribution in [3.8, 4) is 0 Å². The van der Waals surface area contributed by atoms with Crippen LogP contribution in [-0.2, 0) is 0 Å². The van der Waals surface area contributed by atoms with Gasteiger partial charge in [-0.1, -0.05) is 55.5 Å². The first-order chi connectivity index (χ1) is 8.55. The summed E-state index contributed by atoms with van der Waals surface area (Å²) in [5, 5.41) is 0. The van der Waals surface area contributed by atoms with Gasteiger partial charge in [0.1, 0.15) is 0 Å². The largest absolute Gasteiger partial charge is 0.271 e. The molecule has 0 spiro atoms. The van der Waals surface area contributed by atoms with Crippen molar-refractivity contribution in [3.05, 3.63) is 34.9 Å². The van der Waals surface area contributed by atoms with Crippen LogP contribution in [0.25, 0.3) is 0 Å². The van der Waals surface area contributed by atoms with E-state index in [1.807, 2.05) is 0 Å². The van der Waals surface area contributed by atoms with E-state index in [2.05, 4.69) is 44.4 Å². The molecule has 1 fully saturated rings. The van der Waals surface area contributed by atoms with Gasteiger partial charge in [-0.25, -0.2) is 0 Å². The van der Waals surface area contributed by atoms with Gasteiger partial charge in [0.05, 0.1) is 6.04 Å². The van der Waals surface area contributed by atoms with Crippen LogP contribution in [0.1, 0.15) is 61.8 Å². The molecular weight excluding hydrogens is 220 g/mol. The quantitative estimate of drug-likeness (QED) is 0.629. The number of benzene rings is 1. The molecule has 0 aliphatic heterocycles. The van der Waals surface area contributed by atoms with Gasteiger partial charge in [0.15, 0.2) is 0 Å². The maximum atomic E-state index is 5.87. The van der Waals surface area contributed by atoms with Gasteiger partial charge in [-0.3, -0.25) is 11.3 Å². The number of hydrazine groups is 1. The van der Waals surface area contributed by atoms with Crippen molar-refractivity contribution >= 4 is 0 Å². The first kappa shape index (κ1) is 13.6. The molecule has 1 aliphatic carbocycles. The minimum absolute atomic E-state index is 0.274. The summed E-state index contributed by atoms with van der Waals surface area (Å²) in [6.45, 7) is 6.70. The summed E-state index contributed by atoms with van der Waals surface area (Å²) in [6, 6.07) is 7.05. The fourth-order valence-corrected chi connectivity index (χ4v) is 3.52. The number of aryl methyl sites for hydroxylation is 2. The Labute approximate surface area is 111 Å². The Kier molecular flexibility index (Phi) is 4.08. The molecule has 2 rings (SSSR count). The Morgan fingerprint density at radius 3 is 2.11 bits per heavy atom. The molecule has 1 aliphatic rings. The van der Waals surface area contributed by atoms with Crippen molar-refractivity contribution in [2.75, 3.05) is 0 Å². The predicted octanol–water partition coefficient (Wildman–Crippen LogP) is 3.78. The van der Waals surface area contributed by atoms with E-state index in [4.69, 9.17) is 5.84 Å². The lowest BCUT2D eigenvalue weighted by molar-refractivity contribution is 0.145. The van der Waals surface area contributed by atoms with E-state index < -0.39 is 0 Å². The Hall–Kier alpha value is -0.860. The van der Waals surface area contributed by atoms with Crippen LogP contribution < -0.4 is 11.3 Å². The van der Waals surface area contributed by atoms with Gasteiger partial charge in [-0.2, -0.15) is 0 Å². The molecule has 0 radical (unpaired) electrons. The second-order valence-corrected chi connectivity index (χ2v) is 6.24. The Balaban J connectivity index is 2.31. The molecule has 1 aromatic rings. The highest BCUT2D eigenvalue weighted by Gasteiger charge is 2.35. The summed E-state index contributed by atoms with van der Waals surface area (Å²) < 4.78 is 0. The molecule has 100 valence electrons. The van der Waals surface area contributed by atoms with Gasteiger partial charge in [0.25, 0.3) is 0 Å². The lowest BCUT2D eigenvalue weighted by atomic mass is 9.68. The third kappa shape index (κ3) is 2.76. The third-order valence-corrected chi connectivity index (χ3v) is 4.44. The van der Waals surface area contributed by atoms with Crippen molar-refractivity contribution in [1.29, 1.82) is 0 Å². The van der Waals surface area contributed by atoms with Crippen molar-refractivity contribution in [1.82, 2.24) is 5.43 Å². The number of hydrogen-bond acceptors (Lipinski definition) is 2. The summed E-state index contributed by atoms with van der Waals surface area (Å²) in [5.41, 5.74) is 7.38.